The molecule has 8 nitrogen and oxygen atoms in total. The molecule has 0 unspecified atom stereocenters. The van der Waals surface area contributed by atoms with E-state index in [2.05, 4.69) is 20.4 Å². The Balaban J connectivity index is 2.13. The van der Waals surface area contributed by atoms with Gasteiger partial charge in [-0.15, -0.1) is 0 Å². The highest BCUT2D eigenvalue weighted by atomic mass is 32.2. The molecule has 12 heteroatoms. The molecule has 0 saturated carbocycles. The normalized spacial score (nSPS) is 17.6. The standard InChI is InChI=1S/C8H10N4O4S4/c13-1(3(15)5-9-11-7(17)19-5)2(14)4(16)6-10-12-8(18)20-6/h1-4,13-16H,(H,11,17)(H,12,18)/t1-,2+,3+,4-. The topological polar surface area (TPSA) is 138 Å². The molecular weight excluding hydrogens is 344 g/mol. The van der Waals surface area contributed by atoms with Crippen molar-refractivity contribution in [2.75, 3.05) is 0 Å². The van der Waals surface area contributed by atoms with Crippen LogP contribution in [-0.2, 0) is 0 Å². The summed E-state index contributed by atoms with van der Waals surface area (Å²) in [5, 5.41) is 52.1. The van der Waals surface area contributed by atoms with Gasteiger partial charge in [-0.3, -0.25) is 10.2 Å². The average Bonchev–Trinajstić information content (AvgIpc) is 3.04. The smallest absolute Gasteiger partial charge is 0.176 e. The Morgan fingerprint density at radius 1 is 0.800 bits per heavy atom. The third kappa shape index (κ3) is 3.35. The van der Waals surface area contributed by atoms with Crippen molar-refractivity contribution in [2.45, 2.75) is 24.4 Å². The van der Waals surface area contributed by atoms with Crippen LogP contribution >= 0.6 is 47.1 Å². The summed E-state index contributed by atoms with van der Waals surface area (Å²) in [6, 6.07) is 0. The number of hydrogen-bond acceptors (Lipinski definition) is 10. The summed E-state index contributed by atoms with van der Waals surface area (Å²) in [7, 11) is 0. The molecule has 2 aromatic heterocycles. The van der Waals surface area contributed by atoms with Gasteiger partial charge < -0.3 is 20.4 Å². The van der Waals surface area contributed by atoms with Crippen molar-refractivity contribution in [3.8, 4) is 0 Å². The molecule has 0 bridgehead atoms. The van der Waals surface area contributed by atoms with Crippen LogP contribution < -0.4 is 0 Å². The van der Waals surface area contributed by atoms with Gasteiger partial charge >= 0.3 is 0 Å². The fourth-order valence-corrected chi connectivity index (χ4v) is 3.27. The molecule has 20 heavy (non-hydrogen) atoms. The molecule has 0 aromatic carbocycles. The Hall–Kier alpha value is -0.600. The fraction of sp³-hybridized carbons (Fsp3) is 0.500. The molecule has 0 saturated heterocycles. The van der Waals surface area contributed by atoms with Crippen LogP contribution in [0.5, 0.6) is 0 Å². The monoisotopic (exact) mass is 354 g/mol. The van der Waals surface area contributed by atoms with Gasteiger partial charge in [0, 0.05) is 0 Å². The quantitative estimate of drug-likeness (QED) is 0.419. The number of nitrogens with zero attached hydrogens (tertiary/aromatic N) is 2. The van der Waals surface area contributed by atoms with E-state index in [1.54, 1.807) is 0 Å². The van der Waals surface area contributed by atoms with E-state index in [0.717, 1.165) is 22.7 Å². The Kier molecular flexibility index (Phi) is 5.09. The Labute approximate surface area is 130 Å². The molecule has 4 atom stereocenters. The number of aromatic nitrogens is 4. The minimum Gasteiger partial charge on any atom is -0.387 e. The number of H-pyrrole nitrogens is 2. The van der Waals surface area contributed by atoms with Gasteiger partial charge in [0.2, 0.25) is 0 Å². The molecule has 0 radical (unpaired) electrons. The Bertz CT molecular complexity index is 620. The maximum Gasteiger partial charge on any atom is 0.176 e. The van der Waals surface area contributed by atoms with Crippen molar-refractivity contribution in [2.24, 2.45) is 0 Å². The molecule has 0 amide bonds. The predicted octanol–water partition coefficient (Wildman–Crippen LogP) is 0.204. The SMILES string of the molecule is O[C@H]([C@H](O)[C@@H](O)c1n[nH]c(=S)s1)[C@H](O)c1n[nH]c(=S)s1. The van der Waals surface area contributed by atoms with E-state index >= 15 is 0 Å². The highest BCUT2D eigenvalue weighted by Gasteiger charge is 2.34. The zero-order valence-electron chi connectivity index (χ0n) is 9.63. The van der Waals surface area contributed by atoms with E-state index in [1.807, 2.05) is 0 Å². The largest absolute Gasteiger partial charge is 0.387 e. The van der Waals surface area contributed by atoms with Crippen LogP contribution in [-0.4, -0.2) is 53.0 Å². The zero-order valence-corrected chi connectivity index (χ0v) is 12.9. The molecule has 2 aromatic rings. The lowest BCUT2D eigenvalue weighted by Gasteiger charge is -2.23. The first-order chi connectivity index (χ1) is 9.40. The molecule has 0 spiro atoms. The summed E-state index contributed by atoms with van der Waals surface area (Å²) in [6.07, 6.45) is -6.28. The Morgan fingerprint density at radius 3 is 1.40 bits per heavy atom. The molecular formula is C8H10N4O4S4. The van der Waals surface area contributed by atoms with Crippen LogP contribution in [0.4, 0.5) is 0 Å². The summed E-state index contributed by atoms with van der Waals surface area (Å²) in [4.78, 5) is 0. The van der Waals surface area contributed by atoms with Gasteiger partial charge in [0.25, 0.3) is 0 Å². The molecule has 0 aliphatic carbocycles. The molecule has 0 aliphatic rings. The van der Waals surface area contributed by atoms with Gasteiger partial charge in [0.05, 0.1) is 0 Å². The van der Waals surface area contributed by atoms with E-state index < -0.39 is 24.4 Å². The van der Waals surface area contributed by atoms with Crippen molar-refractivity contribution in [1.29, 1.82) is 0 Å². The summed E-state index contributed by atoms with van der Waals surface area (Å²) in [5.41, 5.74) is 0. The lowest BCUT2D eigenvalue weighted by atomic mass is 10.0. The van der Waals surface area contributed by atoms with E-state index in [4.69, 9.17) is 24.4 Å². The maximum absolute atomic E-state index is 9.89. The van der Waals surface area contributed by atoms with Crippen molar-refractivity contribution in [3.05, 3.63) is 17.9 Å². The number of aliphatic hydroxyl groups excluding tert-OH is 4. The van der Waals surface area contributed by atoms with Crippen LogP contribution in [0, 0.1) is 7.91 Å². The number of hydrogen-bond donors (Lipinski definition) is 6. The summed E-state index contributed by atoms with van der Waals surface area (Å²) in [6.45, 7) is 0. The molecule has 6 N–H and O–H groups in total. The van der Waals surface area contributed by atoms with Gasteiger partial charge in [-0.1, -0.05) is 22.7 Å². The first-order valence-corrected chi connectivity index (χ1v) is 7.68. The van der Waals surface area contributed by atoms with Gasteiger partial charge in [-0.05, 0) is 24.4 Å². The second-order valence-corrected chi connectivity index (χ2v) is 7.17. The second kappa shape index (κ2) is 6.44. The number of nitrogens with one attached hydrogen (secondary N) is 2. The summed E-state index contributed by atoms with van der Waals surface area (Å²) in [5.74, 6) is 0. The predicted molar refractivity (Wildman–Crippen MR) is 76.5 cm³/mol. The summed E-state index contributed by atoms with van der Waals surface area (Å²) >= 11 is 11.5. The van der Waals surface area contributed by atoms with Crippen LogP contribution in [0.1, 0.15) is 22.2 Å². The van der Waals surface area contributed by atoms with Crippen molar-refractivity contribution >= 4 is 47.1 Å². The van der Waals surface area contributed by atoms with Crippen LogP contribution in [0.15, 0.2) is 0 Å². The van der Waals surface area contributed by atoms with Crippen molar-refractivity contribution in [1.82, 2.24) is 20.4 Å². The fourth-order valence-electron chi connectivity index (χ4n) is 1.40. The molecule has 0 aliphatic heterocycles. The van der Waals surface area contributed by atoms with Crippen LogP contribution in [0.2, 0.25) is 0 Å². The molecule has 110 valence electrons. The first-order valence-electron chi connectivity index (χ1n) is 5.23. The zero-order chi connectivity index (χ0) is 14.9. The van der Waals surface area contributed by atoms with Crippen LogP contribution in [0.3, 0.4) is 0 Å². The lowest BCUT2D eigenvalue weighted by Crippen LogP contribution is -2.36. The molecule has 2 rings (SSSR count). The minimum atomic E-state index is -1.66. The van der Waals surface area contributed by atoms with Gasteiger partial charge in [0.15, 0.2) is 7.91 Å². The molecule has 2 heterocycles. The lowest BCUT2D eigenvalue weighted by molar-refractivity contribution is -0.108. The van der Waals surface area contributed by atoms with E-state index in [-0.39, 0.29) is 10.0 Å². The van der Waals surface area contributed by atoms with Gasteiger partial charge in [0.1, 0.15) is 34.4 Å². The van der Waals surface area contributed by atoms with E-state index in [0.29, 0.717) is 7.91 Å². The third-order valence-electron chi connectivity index (χ3n) is 2.41. The van der Waals surface area contributed by atoms with Crippen molar-refractivity contribution < 1.29 is 20.4 Å². The van der Waals surface area contributed by atoms with E-state index in [9.17, 15) is 20.4 Å². The number of aromatic amines is 2. The van der Waals surface area contributed by atoms with Gasteiger partial charge in [-0.2, -0.15) is 10.2 Å². The highest BCUT2D eigenvalue weighted by molar-refractivity contribution is 7.73. The van der Waals surface area contributed by atoms with E-state index in [1.165, 1.54) is 0 Å². The molecule has 0 fully saturated rings. The Morgan fingerprint density at radius 2 is 1.15 bits per heavy atom. The second-order valence-electron chi connectivity index (χ2n) is 3.77. The third-order valence-corrected chi connectivity index (χ3v) is 4.73. The maximum atomic E-state index is 9.89. The number of aliphatic hydroxyl groups is 4. The average molecular weight is 354 g/mol. The first kappa shape index (κ1) is 15.8. The minimum absolute atomic E-state index is 0.114. The highest BCUT2D eigenvalue weighted by Crippen LogP contribution is 2.27. The van der Waals surface area contributed by atoms with Gasteiger partial charge in [-0.25, -0.2) is 0 Å². The van der Waals surface area contributed by atoms with Crippen LogP contribution in [0.25, 0.3) is 0 Å². The van der Waals surface area contributed by atoms with Crippen molar-refractivity contribution in [3.63, 3.8) is 0 Å². The summed E-state index contributed by atoms with van der Waals surface area (Å²) < 4.78 is 0.651. The number of rotatable bonds is 5.